The average Bonchev–Trinajstić information content (AvgIpc) is 2.70. The third-order valence-corrected chi connectivity index (χ3v) is 3.56. The standard InChI is InChI=1S/C12H15N3OS/c1-4-11-14-9-6-5-8(7-10(9)17-11)13-12(16)15(2)3/h5-7H,4H2,1-3H3,(H,13,16). The number of rotatable bonds is 2. The minimum atomic E-state index is -0.121. The zero-order chi connectivity index (χ0) is 12.4. The van der Waals surface area contributed by atoms with E-state index in [2.05, 4.69) is 17.2 Å². The second-order valence-electron chi connectivity index (χ2n) is 3.97. The fourth-order valence-corrected chi connectivity index (χ4v) is 2.38. The zero-order valence-electron chi connectivity index (χ0n) is 10.2. The van der Waals surface area contributed by atoms with Crippen LogP contribution in [0, 0.1) is 0 Å². The van der Waals surface area contributed by atoms with Crippen molar-refractivity contribution in [3.8, 4) is 0 Å². The number of aromatic nitrogens is 1. The van der Waals surface area contributed by atoms with Crippen LogP contribution in [0.3, 0.4) is 0 Å². The monoisotopic (exact) mass is 249 g/mol. The van der Waals surface area contributed by atoms with Gasteiger partial charge in [0, 0.05) is 19.8 Å². The first-order valence-electron chi connectivity index (χ1n) is 5.48. The van der Waals surface area contributed by atoms with Gasteiger partial charge in [0.15, 0.2) is 0 Å². The SMILES string of the molecule is CCc1nc2ccc(NC(=O)N(C)C)cc2s1. The molecule has 0 unspecified atom stereocenters. The highest BCUT2D eigenvalue weighted by molar-refractivity contribution is 7.18. The van der Waals surface area contributed by atoms with E-state index in [1.807, 2.05) is 18.2 Å². The van der Waals surface area contributed by atoms with E-state index in [4.69, 9.17) is 0 Å². The maximum atomic E-state index is 11.5. The molecule has 5 heteroatoms. The zero-order valence-corrected chi connectivity index (χ0v) is 11.0. The van der Waals surface area contributed by atoms with E-state index < -0.39 is 0 Å². The molecule has 0 saturated carbocycles. The Hall–Kier alpha value is -1.62. The second kappa shape index (κ2) is 4.71. The Kier molecular flexibility index (Phi) is 3.28. The van der Waals surface area contributed by atoms with Crippen molar-refractivity contribution < 1.29 is 4.79 Å². The van der Waals surface area contributed by atoms with Gasteiger partial charge in [-0.2, -0.15) is 0 Å². The van der Waals surface area contributed by atoms with Gasteiger partial charge in [-0.15, -0.1) is 11.3 Å². The molecule has 4 nitrogen and oxygen atoms in total. The van der Waals surface area contributed by atoms with E-state index in [0.29, 0.717) is 0 Å². The Bertz CT molecular complexity index is 548. The summed E-state index contributed by atoms with van der Waals surface area (Å²) in [5, 5.41) is 3.95. The van der Waals surface area contributed by atoms with Crippen LogP contribution in [0.25, 0.3) is 10.2 Å². The lowest BCUT2D eigenvalue weighted by atomic mass is 10.3. The summed E-state index contributed by atoms with van der Waals surface area (Å²) in [6, 6.07) is 5.66. The van der Waals surface area contributed by atoms with Crippen LogP contribution in [0.1, 0.15) is 11.9 Å². The normalized spacial score (nSPS) is 10.5. The van der Waals surface area contributed by atoms with Crippen molar-refractivity contribution in [3.63, 3.8) is 0 Å². The van der Waals surface area contributed by atoms with E-state index in [9.17, 15) is 4.79 Å². The quantitative estimate of drug-likeness (QED) is 0.889. The number of nitrogens with zero attached hydrogens (tertiary/aromatic N) is 2. The van der Waals surface area contributed by atoms with Crippen LogP contribution in [-0.4, -0.2) is 30.0 Å². The molecular weight excluding hydrogens is 234 g/mol. The molecule has 0 aliphatic rings. The first kappa shape index (κ1) is 11.9. The van der Waals surface area contributed by atoms with Crippen molar-refractivity contribution in [1.29, 1.82) is 0 Å². The maximum absolute atomic E-state index is 11.5. The molecule has 0 bridgehead atoms. The topological polar surface area (TPSA) is 45.2 Å². The summed E-state index contributed by atoms with van der Waals surface area (Å²) in [7, 11) is 3.44. The van der Waals surface area contributed by atoms with Gasteiger partial charge in [0.05, 0.1) is 15.2 Å². The van der Waals surface area contributed by atoms with Crippen molar-refractivity contribution in [3.05, 3.63) is 23.2 Å². The molecule has 1 aromatic carbocycles. The van der Waals surface area contributed by atoms with Crippen molar-refractivity contribution in [2.24, 2.45) is 0 Å². The molecule has 0 fully saturated rings. The molecule has 17 heavy (non-hydrogen) atoms. The molecule has 1 N–H and O–H groups in total. The Balaban J connectivity index is 2.28. The fraction of sp³-hybridized carbons (Fsp3) is 0.333. The summed E-state index contributed by atoms with van der Waals surface area (Å²) < 4.78 is 1.11. The number of carbonyl (C=O) groups is 1. The largest absolute Gasteiger partial charge is 0.331 e. The van der Waals surface area contributed by atoms with Crippen LogP contribution in [0.4, 0.5) is 10.5 Å². The number of amides is 2. The number of nitrogens with one attached hydrogen (secondary N) is 1. The minimum Gasteiger partial charge on any atom is -0.331 e. The van der Waals surface area contributed by atoms with Crippen LogP contribution in [0.5, 0.6) is 0 Å². The Labute approximate surface area is 104 Å². The predicted octanol–water partition coefficient (Wildman–Crippen LogP) is 2.95. The van der Waals surface area contributed by atoms with Crippen LogP contribution >= 0.6 is 11.3 Å². The number of aryl methyl sites for hydroxylation is 1. The van der Waals surface area contributed by atoms with E-state index in [1.54, 1.807) is 25.4 Å². The Morgan fingerprint density at radius 2 is 2.24 bits per heavy atom. The summed E-state index contributed by atoms with van der Waals surface area (Å²) >= 11 is 1.67. The van der Waals surface area contributed by atoms with Crippen LogP contribution in [0.15, 0.2) is 18.2 Å². The van der Waals surface area contributed by atoms with Gasteiger partial charge in [0.1, 0.15) is 0 Å². The maximum Gasteiger partial charge on any atom is 0.321 e. The van der Waals surface area contributed by atoms with Gasteiger partial charge in [-0.05, 0) is 24.6 Å². The van der Waals surface area contributed by atoms with Crippen molar-refractivity contribution in [1.82, 2.24) is 9.88 Å². The highest BCUT2D eigenvalue weighted by Crippen LogP contribution is 2.25. The number of urea groups is 1. The minimum absolute atomic E-state index is 0.121. The first-order valence-corrected chi connectivity index (χ1v) is 6.29. The molecule has 0 aliphatic heterocycles. The predicted molar refractivity (Wildman–Crippen MR) is 71.7 cm³/mol. The molecule has 0 spiro atoms. The number of fused-ring (bicyclic) bond motifs is 1. The van der Waals surface area contributed by atoms with Crippen molar-refractivity contribution >= 4 is 33.3 Å². The lowest BCUT2D eigenvalue weighted by Crippen LogP contribution is -2.27. The van der Waals surface area contributed by atoms with E-state index in [1.165, 1.54) is 4.90 Å². The van der Waals surface area contributed by atoms with Crippen LogP contribution in [-0.2, 0) is 6.42 Å². The summed E-state index contributed by atoms with van der Waals surface area (Å²) in [5.74, 6) is 0. The molecule has 0 saturated heterocycles. The van der Waals surface area contributed by atoms with E-state index in [-0.39, 0.29) is 6.03 Å². The van der Waals surface area contributed by atoms with Gasteiger partial charge in [-0.25, -0.2) is 9.78 Å². The second-order valence-corrected chi connectivity index (χ2v) is 5.08. The lowest BCUT2D eigenvalue weighted by Gasteiger charge is -2.11. The van der Waals surface area contributed by atoms with E-state index in [0.717, 1.165) is 27.3 Å². The fourth-order valence-electron chi connectivity index (χ4n) is 1.44. The van der Waals surface area contributed by atoms with Crippen LogP contribution in [0.2, 0.25) is 0 Å². The molecule has 0 aliphatic carbocycles. The average molecular weight is 249 g/mol. The third-order valence-electron chi connectivity index (χ3n) is 2.39. The molecule has 2 rings (SSSR count). The van der Waals surface area contributed by atoms with E-state index >= 15 is 0 Å². The highest BCUT2D eigenvalue weighted by Gasteiger charge is 2.06. The number of anilines is 1. The molecule has 2 aromatic rings. The third kappa shape index (κ3) is 2.55. The highest BCUT2D eigenvalue weighted by atomic mass is 32.1. The van der Waals surface area contributed by atoms with Crippen LogP contribution < -0.4 is 5.32 Å². The van der Waals surface area contributed by atoms with Gasteiger partial charge < -0.3 is 10.2 Å². The number of carbonyl (C=O) groups excluding carboxylic acids is 1. The summed E-state index contributed by atoms with van der Waals surface area (Å²) in [6.07, 6.45) is 0.943. The Morgan fingerprint density at radius 3 is 2.88 bits per heavy atom. The molecular formula is C12H15N3OS. The molecule has 1 heterocycles. The van der Waals surface area contributed by atoms with Gasteiger partial charge in [0.2, 0.25) is 0 Å². The molecule has 2 amide bonds. The number of thiazole rings is 1. The molecule has 90 valence electrons. The lowest BCUT2D eigenvalue weighted by molar-refractivity contribution is 0.230. The summed E-state index contributed by atoms with van der Waals surface area (Å²) in [4.78, 5) is 17.5. The number of hydrogen-bond donors (Lipinski definition) is 1. The van der Waals surface area contributed by atoms with Gasteiger partial charge in [-0.1, -0.05) is 6.92 Å². The van der Waals surface area contributed by atoms with Gasteiger partial charge >= 0.3 is 6.03 Å². The summed E-state index contributed by atoms with van der Waals surface area (Å²) in [6.45, 7) is 2.09. The van der Waals surface area contributed by atoms with Gasteiger partial charge in [-0.3, -0.25) is 0 Å². The molecule has 0 radical (unpaired) electrons. The number of hydrogen-bond acceptors (Lipinski definition) is 3. The first-order chi connectivity index (χ1) is 8.10. The summed E-state index contributed by atoms with van der Waals surface area (Å²) in [5.41, 5.74) is 1.80. The van der Waals surface area contributed by atoms with Crippen molar-refractivity contribution in [2.75, 3.05) is 19.4 Å². The van der Waals surface area contributed by atoms with Gasteiger partial charge in [0.25, 0.3) is 0 Å². The molecule has 0 atom stereocenters. The Morgan fingerprint density at radius 1 is 1.47 bits per heavy atom. The number of benzene rings is 1. The van der Waals surface area contributed by atoms with Crippen molar-refractivity contribution in [2.45, 2.75) is 13.3 Å². The smallest absolute Gasteiger partial charge is 0.321 e. The molecule has 1 aromatic heterocycles.